The third kappa shape index (κ3) is 3.34. The number of benzene rings is 3. The Hall–Kier alpha value is -4.74. The summed E-state index contributed by atoms with van der Waals surface area (Å²) >= 11 is 1.36. The lowest BCUT2D eigenvalue weighted by Crippen LogP contribution is -2.42. The average molecular weight is 573 g/mol. The van der Waals surface area contributed by atoms with Gasteiger partial charge in [0, 0.05) is 21.7 Å². The normalized spacial score (nSPS) is 24.0. The molecule has 8 rings (SSSR count). The minimum Gasteiger partial charge on any atom is -0.497 e. The van der Waals surface area contributed by atoms with Crippen LogP contribution in [-0.2, 0) is 27.2 Å². The fourth-order valence-electron chi connectivity index (χ4n) is 7.30. The zero-order chi connectivity index (χ0) is 28.7. The van der Waals surface area contributed by atoms with Crippen molar-refractivity contribution >= 4 is 50.5 Å². The smallest absolute Gasteiger partial charge is 0.319 e. The van der Waals surface area contributed by atoms with Gasteiger partial charge in [-0.15, -0.1) is 11.3 Å². The van der Waals surface area contributed by atoms with Crippen LogP contribution in [0, 0.1) is 29.1 Å². The molecule has 1 saturated heterocycles. The van der Waals surface area contributed by atoms with Gasteiger partial charge in [-0.25, -0.2) is 4.90 Å². The fourth-order valence-corrected chi connectivity index (χ4v) is 8.65. The summed E-state index contributed by atoms with van der Waals surface area (Å²) in [6.45, 7) is 0. The number of hydrogen-bond donors (Lipinski definition) is 0. The molecule has 4 atom stereocenters. The number of esters is 1. The predicted octanol–water partition coefficient (Wildman–Crippen LogP) is 5.79. The molecular weight excluding hydrogens is 548 g/mol. The molecule has 0 spiro atoms. The molecule has 0 unspecified atom stereocenters. The van der Waals surface area contributed by atoms with Crippen molar-refractivity contribution in [2.75, 3.05) is 12.0 Å². The van der Waals surface area contributed by atoms with Gasteiger partial charge in [0.05, 0.1) is 30.4 Å². The number of allylic oxidation sites excluding steroid dienone is 1. The molecule has 1 aromatic heterocycles. The van der Waals surface area contributed by atoms with Gasteiger partial charge in [0.2, 0.25) is 11.8 Å². The number of rotatable bonds is 3. The lowest BCUT2D eigenvalue weighted by molar-refractivity contribution is -0.142. The molecule has 2 aliphatic heterocycles. The molecular formula is C34H24N2O5S. The number of anilines is 1. The summed E-state index contributed by atoms with van der Waals surface area (Å²) < 4.78 is 11.3. The van der Waals surface area contributed by atoms with Crippen LogP contribution in [-0.4, -0.2) is 24.9 Å². The maximum Gasteiger partial charge on any atom is 0.319 e. The highest BCUT2D eigenvalue weighted by molar-refractivity contribution is 7.17. The molecule has 7 nitrogen and oxygen atoms in total. The van der Waals surface area contributed by atoms with E-state index in [0.717, 1.165) is 51.6 Å². The van der Waals surface area contributed by atoms with E-state index in [-0.39, 0.29) is 5.91 Å². The summed E-state index contributed by atoms with van der Waals surface area (Å²) in [7, 11) is 1.59. The maximum atomic E-state index is 14.4. The Balaban J connectivity index is 1.33. The molecule has 0 N–H and O–H groups in total. The number of fused-ring (bicyclic) bond motifs is 8. The summed E-state index contributed by atoms with van der Waals surface area (Å²) in [5, 5.41) is 12.2. The van der Waals surface area contributed by atoms with Crippen molar-refractivity contribution in [2.24, 2.45) is 17.8 Å². The second kappa shape index (κ2) is 9.13. The molecule has 0 radical (unpaired) electrons. The van der Waals surface area contributed by atoms with E-state index in [1.165, 1.54) is 16.2 Å². The number of imide groups is 1. The summed E-state index contributed by atoms with van der Waals surface area (Å²) in [6, 6.07) is 21.4. The molecule has 4 aromatic rings. The monoisotopic (exact) mass is 572 g/mol. The number of methoxy groups -OCH3 is 1. The van der Waals surface area contributed by atoms with Crippen LogP contribution in [0.1, 0.15) is 39.5 Å². The van der Waals surface area contributed by atoms with E-state index in [4.69, 9.17) is 9.47 Å². The standard InChI is InChI=1S/C34H24N2O5S/c1-40-19-12-9-18(10-13-19)23-15-24-22-14-11-17-5-2-3-6-20(17)30(22)41-34(39)28(24)29-27(23)31(37)36(32(29)38)33-25(16-35)21-7-4-8-26(21)42-33/h2-3,5-6,9-15,23,27-29H,4,7-8H2,1H3/t23-,27+,28-,29-/m0/s1. The highest BCUT2D eigenvalue weighted by Crippen LogP contribution is 2.56. The third-order valence-corrected chi connectivity index (χ3v) is 10.5. The SMILES string of the molecule is COc1ccc([C@@H]2C=C3c4ccc5ccccc5c4OC(=O)[C@@H]3[C@H]3C(=O)N(c4sc5c(c4C#N)CCC5)C(=O)[C@@H]32)cc1. The van der Waals surface area contributed by atoms with E-state index in [2.05, 4.69) is 6.07 Å². The zero-order valence-corrected chi connectivity index (χ0v) is 23.4. The van der Waals surface area contributed by atoms with Gasteiger partial charge in [0.1, 0.15) is 22.6 Å². The number of ether oxygens (including phenoxy) is 2. The van der Waals surface area contributed by atoms with E-state index >= 15 is 0 Å². The summed E-state index contributed by atoms with van der Waals surface area (Å²) in [4.78, 5) is 44.8. The topological polar surface area (TPSA) is 96.7 Å². The quantitative estimate of drug-likeness (QED) is 0.175. The number of amides is 2. The lowest BCUT2D eigenvalue weighted by Gasteiger charge is -2.38. The number of carbonyl (C=O) groups excluding carboxylic acids is 3. The van der Waals surface area contributed by atoms with Crippen LogP contribution in [0.2, 0.25) is 0 Å². The van der Waals surface area contributed by atoms with Gasteiger partial charge >= 0.3 is 5.97 Å². The van der Waals surface area contributed by atoms with Crippen LogP contribution in [0.4, 0.5) is 5.00 Å². The van der Waals surface area contributed by atoms with E-state index in [9.17, 15) is 19.6 Å². The van der Waals surface area contributed by atoms with Gasteiger partial charge in [0.25, 0.3) is 0 Å². The molecule has 4 aliphatic rings. The van der Waals surface area contributed by atoms with E-state index in [1.807, 2.05) is 66.7 Å². The van der Waals surface area contributed by atoms with Crippen LogP contribution < -0.4 is 14.4 Å². The Bertz CT molecular complexity index is 1930. The molecule has 0 bridgehead atoms. The van der Waals surface area contributed by atoms with Gasteiger partial charge < -0.3 is 9.47 Å². The van der Waals surface area contributed by atoms with E-state index in [0.29, 0.717) is 27.6 Å². The van der Waals surface area contributed by atoms with E-state index < -0.39 is 35.5 Å². The third-order valence-electron chi connectivity index (χ3n) is 9.20. The second-order valence-corrected chi connectivity index (χ2v) is 12.3. The molecule has 8 heteroatoms. The minimum absolute atomic E-state index is 0.380. The first-order chi connectivity index (χ1) is 20.5. The first-order valence-electron chi connectivity index (χ1n) is 14.0. The number of thiophene rings is 1. The van der Waals surface area contributed by atoms with Gasteiger partial charge in [-0.3, -0.25) is 14.4 Å². The summed E-state index contributed by atoms with van der Waals surface area (Å²) in [5.41, 5.74) is 3.64. The number of nitriles is 1. The van der Waals surface area contributed by atoms with Crippen molar-refractivity contribution in [2.45, 2.75) is 25.2 Å². The molecule has 2 aliphatic carbocycles. The Morgan fingerprint density at radius 3 is 2.55 bits per heavy atom. The number of hydrogen-bond acceptors (Lipinski definition) is 7. The minimum atomic E-state index is -0.958. The molecule has 3 heterocycles. The van der Waals surface area contributed by atoms with Gasteiger partial charge in [0.15, 0.2) is 0 Å². The van der Waals surface area contributed by atoms with Crippen molar-refractivity contribution < 1.29 is 23.9 Å². The Kier molecular flexibility index (Phi) is 5.44. The molecule has 206 valence electrons. The van der Waals surface area contributed by atoms with Crippen molar-refractivity contribution in [3.05, 3.63) is 93.9 Å². The zero-order valence-electron chi connectivity index (χ0n) is 22.6. The number of carbonyl (C=O) groups is 3. The number of nitrogens with zero attached hydrogens (tertiary/aromatic N) is 2. The van der Waals surface area contributed by atoms with Crippen molar-refractivity contribution in [1.82, 2.24) is 0 Å². The largest absolute Gasteiger partial charge is 0.497 e. The Morgan fingerprint density at radius 2 is 1.76 bits per heavy atom. The molecule has 1 fully saturated rings. The Labute approximate surface area is 245 Å². The predicted molar refractivity (Wildman–Crippen MR) is 157 cm³/mol. The van der Waals surface area contributed by atoms with Crippen molar-refractivity contribution in [3.8, 4) is 17.6 Å². The van der Waals surface area contributed by atoms with Crippen molar-refractivity contribution in [3.63, 3.8) is 0 Å². The van der Waals surface area contributed by atoms with Crippen LogP contribution >= 0.6 is 11.3 Å². The highest BCUT2D eigenvalue weighted by atomic mass is 32.1. The molecule has 2 amide bonds. The second-order valence-electron chi connectivity index (χ2n) is 11.2. The van der Waals surface area contributed by atoms with Crippen LogP contribution in [0.3, 0.4) is 0 Å². The first-order valence-corrected chi connectivity index (χ1v) is 14.8. The van der Waals surface area contributed by atoms with Gasteiger partial charge in [-0.1, -0.05) is 54.6 Å². The van der Waals surface area contributed by atoms with Gasteiger partial charge in [-0.05, 0) is 53.5 Å². The van der Waals surface area contributed by atoms with Crippen LogP contribution in [0.15, 0.2) is 66.7 Å². The molecule has 3 aromatic carbocycles. The average Bonchev–Trinajstić information content (AvgIpc) is 3.68. The van der Waals surface area contributed by atoms with Crippen LogP contribution in [0.25, 0.3) is 16.3 Å². The molecule has 0 saturated carbocycles. The highest BCUT2D eigenvalue weighted by Gasteiger charge is 2.61. The first kappa shape index (κ1) is 25.0. The number of aryl methyl sites for hydroxylation is 1. The summed E-state index contributed by atoms with van der Waals surface area (Å²) in [5.74, 6) is -3.40. The lowest BCUT2D eigenvalue weighted by atomic mass is 9.64. The maximum absolute atomic E-state index is 14.4. The Morgan fingerprint density at radius 1 is 0.976 bits per heavy atom. The van der Waals surface area contributed by atoms with E-state index in [1.54, 1.807) is 7.11 Å². The van der Waals surface area contributed by atoms with Crippen LogP contribution in [0.5, 0.6) is 11.5 Å². The van der Waals surface area contributed by atoms with Gasteiger partial charge in [-0.2, -0.15) is 5.26 Å². The van der Waals surface area contributed by atoms with Crippen molar-refractivity contribution in [1.29, 1.82) is 5.26 Å². The molecule has 42 heavy (non-hydrogen) atoms. The fraction of sp³-hybridized carbons (Fsp3) is 0.235. The summed E-state index contributed by atoms with van der Waals surface area (Å²) in [6.07, 6.45) is 4.53.